The average Bonchev–Trinajstić information content (AvgIpc) is 2.48. The molecule has 1 aliphatic heterocycles. The van der Waals surface area contributed by atoms with E-state index in [1.165, 1.54) is 49.9 Å². The molecule has 1 aliphatic rings. The Labute approximate surface area is 124 Å². The molecule has 1 N–H and O–H groups in total. The summed E-state index contributed by atoms with van der Waals surface area (Å²) in [6.07, 6.45) is 5.31. The number of nitrogens with zero attached hydrogens (tertiary/aromatic N) is 1. The van der Waals surface area contributed by atoms with Crippen LogP contribution in [0, 0.1) is 13.8 Å². The molecule has 0 aliphatic carbocycles. The second kappa shape index (κ2) is 7.80. The minimum absolute atomic E-state index is 0.614. The third-order valence-electron chi connectivity index (χ3n) is 4.47. The van der Waals surface area contributed by atoms with Crippen molar-refractivity contribution in [2.75, 3.05) is 26.2 Å². The molecule has 2 rings (SSSR count). The van der Waals surface area contributed by atoms with E-state index in [4.69, 9.17) is 0 Å². The maximum Gasteiger partial charge on any atom is 0.0351 e. The molecule has 0 radical (unpaired) electrons. The number of hydrogen-bond acceptors (Lipinski definition) is 2. The maximum atomic E-state index is 3.47. The van der Waals surface area contributed by atoms with Gasteiger partial charge in [-0.2, -0.15) is 0 Å². The van der Waals surface area contributed by atoms with Crippen LogP contribution in [-0.4, -0.2) is 31.1 Å². The summed E-state index contributed by atoms with van der Waals surface area (Å²) in [6, 6.07) is 7.55. The molecule has 0 unspecified atom stereocenters. The van der Waals surface area contributed by atoms with Crippen LogP contribution in [0.15, 0.2) is 18.2 Å². The van der Waals surface area contributed by atoms with Crippen LogP contribution in [0.3, 0.4) is 0 Å². The van der Waals surface area contributed by atoms with Crippen LogP contribution in [-0.2, 0) is 0 Å². The van der Waals surface area contributed by atoms with Crippen molar-refractivity contribution in [3.05, 3.63) is 34.9 Å². The van der Waals surface area contributed by atoms with Crippen LogP contribution in [0.1, 0.15) is 55.3 Å². The molecule has 2 nitrogen and oxygen atoms in total. The monoisotopic (exact) mass is 274 g/mol. The first-order valence-corrected chi connectivity index (χ1v) is 8.24. The number of piperazine rings is 1. The Hall–Kier alpha value is -0.860. The van der Waals surface area contributed by atoms with E-state index in [1.807, 2.05) is 0 Å². The topological polar surface area (TPSA) is 15.3 Å². The van der Waals surface area contributed by atoms with Gasteiger partial charge in [-0.15, -0.1) is 0 Å². The zero-order chi connectivity index (χ0) is 14.4. The lowest BCUT2D eigenvalue weighted by atomic mass is 9.93. The summed E-state index contributed by atoms with van der Waals surface area (Å²) in [7, 11) is 0. The highest BCUT2D eigenvalue weighted by Gasteiger charge is 2.23. The lowest BCUT2D eigenvalue weighted by Gasteiger charge is -2.36. The number of unbranched alkanes of at least 4 members (excludes halogenated alkanes) is 2. The van der Waals surface area contributed by atoms with E-state index in [-0.39, 0.29) is 0 Å². The van der Waals surface area contributed by atoms with Crippen molar-refractivity contribution in [3.8, 4) is 0 Å². The number of aryl methyl sites for hydroxylation is 2. The first-order chi connectivity index (χ1) is 9.72. The molecular formula is C18H30N2. The smallest absolute Gasteiger partial charge is 0.0351 e. The van der Waals surface area contributed by atoms with Crippen LogP contribution in [0.5, 0.6) is 0 Å². The largest absolute Gasteiger partial charge is 0.314 e. The van der Waals surface area contributed by atoms with Crippen LogP contribution >= 0.6 is 0 Å². The molecule has 2 heteroatoms. The Morgan fingerprint density at radius 2 is 1.90 bits per heavy atom. The van der Waals surface area contributed by atoms with Crippen LogP contribution in [0.4, 0.5) is 0 Å². The van der Waals surface area contributed by atoms with E-state index >= 15 is 0 Å². The molecule has 0 spiro atoms. The average molecular weight is 274 g/mol. The van der Waals surface area contributed by atoms with E-state index in [1.54, 1.807) is 5.56 Å². The highest BCUT2D eigenvalue weighted by molar-refractivity contribution is 5.33. The Morgan fingerprint density at radius 3 is 2.60 bits per heavy atom. The summed E-state index contributed by atoms with van der Waals surface area (Å²) in [6.45, 7) is 11.4. The molecule has 112 valence electrons. The van der Waals surface area contributed by atoms with E-state index in [2.05, 4.69) is 49.2 Å². The van der Waals surface area contributed by atoms with Gasteiger partial charge < -0.3 is 5.32 Å². The van der Waals surface area contributed by atoms with Crippen molar-refractivity contribution < 1.29 is 0 Å². The molecule has 0 saturated carbocycles. The molecule has 1 aromatic rings. The van der Waals surface area contributed by atoms with Gasteiger partial charge in [-0.1, -0.05) is 49.9 Å². The standard InChI is InChI=1S/C18H30N2/c1-4-5-6-7-18(20-12-10-19-11-13-20)17-14-15(2)8-9-16(17)3/h8-9,14,18-19H,4-7,10-13H2,1-3H3/t18-/m0/s1. The number of rotatable bonds is 6. The van der Waals surface area contributed by atoms with E-state index in [9.17, 15) is 0 Å². The van der Waals surface area contributed by atoms with Gasteiger partial charge in [0.25, 0.3) is 0 Å². The highest BCUT2D eigenvalue weighted by Crippen LogP contribution is 2.30. The minimum atomic E-state index is 0.614. The van der Waals surface area contributed by atoms with Crippen molar-refractivity contribution >= 4 is 0 Å². The van der Waals surface area contributed by atoms with Crippen molar-refractivity contribution in [1.82, 2.24) is 10.2 Å². The summed E-state index contributed by atoms with van der Waals surface area (Å²) in [5.74, 6) is 0. The Bertz CT molecular complexity index is 408. The molecule has 1 fully saturated rings. The Balaban J connectivity index is 2.17. The summed E-state index contributed by atoms with van der Waals surface area (Å²) < 4.78 is 0. The second-order valence-corrected chi connectivity index (χ2v) is 6.16. The quantitative estimate of drug-likeness (QED) is 0.793. The third-order valence-corrected chi connectivity index (χ3v) is 4.47. The molecular weight excluding hydrogens is 244 g/mol. The molecule has 1 aromatic carbocycles. The van der Waals surface area contributed by atoms with Gasteiger partial charge in [0, 0.05) is 32.2 Å². The van der Waals surface area contributed by atoms with Crippen molar-refractivity contribution in [2.24, 2.45) is 0 Å². The van der Waals surface area contributed by atoms with Gasteiger partial charge in [-0.05, 0) is 31.4 Å². The molecule has 1 heterocycles. The zero-order valence-corrected chi connectivity index (χ0v) is 13.4. The van der Waals surface area contributed by atoms with E-state index in [0.717, 1.165) is 13.1 Å². The predicted molar refractivity (Wildman–Crippen MR) is 87.2 cm³/mol. The maximum absolute atomic E-state index is 3.47. The summed E-state index contributed by atoms with van der Waals surface area (Å²) in [5, 5.41) is 3.47. The molecule has 1 saturated heterocycles. The van der Waals surface area contributed by atoms with Crippen LogP contribution in [0.25, 0.3) is 0 Å². The molecule has 0 aromatic heterocycles. The Morgan fingerprint density at radius 1 is 1.15 bits per heavy atom. The normalized spacial score (nSPS) is 18.1. The lowest BCUT2D eigenvalue weighted by Crippen LogP contribution is -2.45. The van der Waals surface area contributed by atoms with Gasteiger partial charge >= 0.3 is 0 Å². The SMILES string of the molecule is CCCCC[C@@H](c1cc(C)ccc1C)N1CCNCC1. The van der Waals surface area contributed by atoms with Crippen molar-refractivity contribution in [1.29, 1.82) is 0 Å². The van der Waals surface area contributed by atoms with Crippen LogP contribution in [0.2, 0.25) is 0 Å². The van der Waals surface area contributed by atoms with Gasteiger partial charge in [0.15, 0.2) is 0 Å². The fourth-order valence-corrected chi connectivity index (χ4v) is 3.24. The van der Waals surface area contributed by atoms with Gasteiger partial charge in [-0.3, -0.25) is 4.90 Å². The van der Waals surface area contributed by atoms with E-state index < -0.39 is 0 Å². The highest BCUT2D eigenvalue weighted by atomic mass is 15.2. The first kappa shape index (κ1) is 15.5. The zero-order valence-electron chi connectivity index (χ0n) is 13.4. The summed E-state index contributed by atoms with van der Waals surface area (Å²) >= 11 is 0. The molecule has 0 bridgehead atoms. The molecule has 0 amide bonds. The van der Waals surface area contributed by atoms with Gasteiger partial charge in [0.05, 0.1) is 0 Å². The fourth-order valence-electron chi connectivity index (χ4n) is 3.24. The first-order valence-electron chi connectivity index (χ1n) is 8.24. The number of nitrogens with one attached hydrogen (secondary N) is 1. The number of benzene rings is 1. The Kier molecular flexibility index (Phi) is 6.06. The summed E-state index contributed by atoms with van der Waals surface area (Å²) in [5.41, 5.74) is 4.40. The van der Waals surface area contributed by atoms with Gasteiger partial charge in [0.2, 0.25) is 0 Å². The van der Waals surface area contributed by atoms with E-state index in [0.29, 0.717) is 6.04 Å². The lowest BCUT2D eigenvalue weighted by molar-refractivity contribution is 0.162. The molecule has 20 heavy (non-hydrogen) atoms. The van der Waals surface area contributed by atoms with Gasteiger partial charge in [0.1, 0.15) is 0 Å². The molecule has 1 atom stereocenters. The minimum Gasteiger partial charge on any atom is -0.314 e. The van der Waals surface area contributed by atoms with Crippen molar-refractivity contribution in [2.45, 2.75) is 52.5 Å². The number of hydrogen-bond donors (Lipinski definition) is 1. The van der Waals surface area contributed by atoms with Gasteiger partial charge in [-0.25, -0.2) is 0 Å². The predicted octanol–water partition coefficient (Wildman–Crippen LogP) is 3.83. The third kappa shape index (κ3) is 4.07. The summed E-state index contributed by atoms with van der Waals surface area (Å²) in [4.78, 5) is 2.69. The second-order valence-electron chi connectivity index (χ2n) is 6.16. The van der Waals surface area contributed by atoms with Crippen molar-refractivity contribution in [3.63, 3.8) is 0 Å². The fraction of sp³-hybridized carbons (Fsp3) is 0.667. The van der Waals surface area contributed by atoms with Crippen LogP contribution < -0.4 is 5.32 Å².